The summed E-state index contributed by atoms with van der Waals surface area (Å²) >= 11 is 0. The molecule has 0 spiro atoms. The van der Waals surface area contributed by atoms with Gasteiger partial charge in [0.25, 0.3) is 0 Å². The molecule has 2 unspecified atom stereocenters. The Bertz CT molecular complexity index is 391. The van der Waals surface area contributed by atoms with Gasteiger partial charge in [0, 0.05) is 6.54 Å². The van der Waals surface area contributed by atoms with Crippen molar-refractivity contribution in [3.05, 3.63) is 24.2 Å². The maximum atomic E-state index is 11.9. The molecule has 0 aliphatic carbocycles. The third kappa shape index (κ3) is 4.08. The Kier molecular flexibility index (Phi) is 4.99. The predicted octanol–water partition coefficient (Wildman–Crippen LogP) is 0.812. The molecule has 2 heterocycles. The van der Waals surface area contributed by atoms with Crippen LogP contribution in [0.5, 0.6) is 0 Å². The lowest BCUT2D eigenvalue weighted by Gasteiger charge is -2.36. The number of hydrogen-bond donors (Lipinski definition) is 2. The molecule has 1 amide bonds. The standard InChI is InChI=1S/C14H23N3O2/c1-11-4-5-17(9-12(11)7-15)10-14(18)16-8-13-3-2-6-19-13/h2-3,6,11-12H,4-5,7-10,15H2,1H3,(H,16,18). The number of likely N-dealkylation sites (tertiary alicyclic amines) is 1. The summed E-state index contributed by atoms with van der Waals surface area (Å²) in [6.07, 6.45) is 2.73. The van der Waals surface area contributed by atoms with Crippen molar-refractivity contribution in [2.75, 3.05) is 26.2 Å². The van der Waals surface area contributed by atoms with Crippen molar-refractivity contribution in [1.82, 2.24) is 10.2 Å². The van der Waals surface area contributed by atoms with Crippen LogP contribution in [0.3, 0.4) is 0 Å². The Balaban J connectivity index is 1.73. The lowest BCUT2D eigenvalue weighted by atomic mass is 9.87. The number of nitrogens with one attached hydrogen (secondary N) is 1. The van der Waals surface area contributed by atoms with Crippen LogP contribution >= 0.6 is 0 Å². The van der Waals surface area contributed by atoms with Gasteiger partial charge in [-0.2, -0.15) is 0 Å². The monoisotopic (exact) mass is 265 g/mol. The van der Waals surface area contributed by atoms with Gasteiger partial charge in [0.1, 0.15) is 5.76 Å². The van der Waals surface area contributed by atoms with Crippen molar-refractivity contribution in [2.45, 2.75) is 19.9 Å². The molecule has 2 rings (SSSR count). The summed E-state index contributed by atoms with van der Waals surface area (Å²) in [7, 11) is 0. The third-order valence-corrected chi connectivity index (χ3v) is 3.91. The zero-order valence-corrected chi connectivity index (χ0v) is 11.5. The zero-order valence-electron chi connectivity index (χ0n) is 11.5. The first-order valence-corrected chi connectivity index (χ1v) is 6.90. The largest absolute Gasteiger partial charge is 0.467 e. The molecule has 0 bridgehead atoms. The number of piperidine rings is 1. The average Bonchev–Trinajstić information content (AvgIpc) is 2.92. The van der Waals surface area contributed by atoms with Gasteiger partial charge in [-0.3, -0.25) is 9.69 Å². The first-order valence-electron chi connectivity index (χ1n) is 6.90. The molecule has 0 saturated carbocycles. The van der Waals surface area contributed by atoms with Crippen LogP contribution in [0.1, 0.15) is 19.1 Å². The summed E-state index contributed by atoms with van der Waals surface area (Å²) in [4.78, 5) is 14.0. The summed E-state index contributed by atoms with van der Waals surface area (Å²) in [5, 5.41) is 2.87. The summed E-state index contributed by atoms with van der Waals surface area (Å²) in [5.74, 6) is 1.99. The van der Waals surface area contributed by atoms with Gasteiger partial charge < -0.3 is 15.5 Å². The second-order valence-electron chi connectivity index (χ2n) is 5.35. The highest BCUT2D eigenvalue weighted by atomic mass is 16.3. The molecule has 1 saturated heterocycles. The Labute approximate surface area is 114 Å². The van der Waals surface area contributed by atoms with Crippen molar-refractivity contribution < 1.29 is 9.21 Å². The molecule has 1 aliphatic heterocycles. The van der Waals surface area contributed by atoms with E-state index in [0.29, 0.717) is 31.5 Å². The van der Waals surface area contributed by atoms with E-state index in [1.807, 2.05) is 12.1 Å². The molecule has 5 heteroatoms. The maximum absolute atomic E-state index is 11.9. The molecule has 1 aromatic rings. The highest BCUT2D eigenvalue weighted by Gasteiger charge is 2.25. The van der Waals surface area contributed by atoms with Crippen LogP contribution in [0.2, 0.25) is 0 Å². The number of rotatable bonds is 5. The second kappa shape index (κ2) is 6.73. The lowest BCUT2D eigenvalue weighted by Crippen LogP contribution is -2.46. The van der Waals surface area contributed by atoms with E-state index in [1.54, 1.807) is 6.26 Å². The second-order valence-corrected chi connectivity index (χ2v) is 5.35. The van der Waals surface area contributed by atoms with Crippen LogP contribution in [0.15, 0.2) is 22.8 Å². The van der Waals surface area contributed by atoms with Gasteiger partial charge in [-0.05, 0) is 43.5 Å². The Morgan fingerprint density at radius 3 is 3.16 bits per heavy atom. The smallest absolute Gasteiger partial charge is 0.234 e. The molecule has 5 nitrogen and oxygen atoms in total. The molecule has 19 heavy (non-hydrogen) atoms. The highest BCUT2D eigenvalue weighted by Crippen LogP contribution is 2.21. The number of nitrogens with zero attached hydrogens (tertiary/aromatic N) is 1. The Hall–Kier alpha value is -1.33. The van der Waals surface area contributed by atoms with E-state index < -0.39 is 0 Å². The quantitative estimate of drug-likeness (QED) is 0.826. The van der Waals surface area contributed by atoms with Crippen LogP contribution in [0, 0.1) is 11.8 Å². The molecule has 0 radical (unpaired) electrons. The van der Waals surface area contributed by atoms with Crippen LogP contribution in [-0.2, 0) is 11.3 Å². The summed E-state index contributed by atoms with van der Waals surface area (Å²) in [6, 6.07) is 3.67. The molecule has 1 aromatic heterocycles. The maximum Gasteiger partial charge on any atom is 0.234 e. The van der Waals surface area contributed by atoms with Gasteiger partial charge in [-0.15, -0.1) is 0 Å². The van der Waals surface area contributed by atoms with Crippen LogP contribution in [0.25, 0.3) is 0 Å². The molecular formula is C14H23N3O2. The fourth-order valence-corrected chi connectivity index (χ4v) is 2.53. The number of nitrogens with two attached hydrogens (primary N) is 1. The summed E-state index contributed by atoms with van der Waals surface area (Å²) < 4.78 is 5.18. The molecule has 106 valence electrons. The van der Waals surface area contributed by atoms with E-state index in [2.05, 4.69) is 17.1 Å². The van der Waals surface area contributed by atoms with E-state index in [4.69, 9.17) is 10.2 Å². The fourth-order valence-electron chi connectivity index (χ4n) is 2.53. The van der Waals surface area contributed by atoms with Gasteiger partial charge in [0.05, 0.1) is 19.4 Å². The minimum absolute atomic E-state index is 0.0433. The SMILES string of the molecule is CC1CCN(CC(=O)NCc2ccco2)CC1CN. The van der Waals surface area contributed by atoms with Crippen molar-refractivity contribution in [2.24, 2.45) is 17.6 Å². The van der Waals surface area contributed by atoms with Gasteiger partial charge in [0.15, 0.2) is 0 Å². The summed E-state index contributed by atoms with van der Waals surface area (Å²) in [5.41, 5.74) is 5.77. The van der Waals surface area contributed by atoms with Crippen molar-refractivity contribution in [3.8, 4) is 0 Å². The van der Waals surface area contributed by atoms with E-state index in [0.717, 1.165) is 25.3 Å². The molecule has 1 aliphatic rings. The van der Waals surface area contributed by atoms with Gasteiger partial charge >= 0.3 is 0 Å². The van der Waals surface area contributed by atoms with Crippen molar-refractivity contribution >= 4 is 5.91 Å². The fraction of sp³-hybridized carbons (Fsp3) is 0.643. The molecule has 0 aromatic carbocycles. The van der Waals surface area contributed by atoms with Gasteiger partial charge in [0.2, 0.25) is 5.91 Å². The zero-order chi connectivity index (χ0) is 13.7. The molecule has 3 N–H and O–H groups in total. The van der Waals surface area contributed by atoms with E-state index >= 15 is 0 Å². The highest BCUT2D eigenvalue weighted by molar-refractivity contribution is 5.77. The number of amides is 1. The topological polar surface area (TPSA) is 71.5 Å². The van der Waals surface area contributed by atoms with Crippen LogP contribution in [0.4, 0.5) is 0 Å². The van der Waals surface area contributed by atoms with Crippen molar-refractivity contribution in [1.29, 1.82) is 0 Å². The Morgan fingerprint density at radius 1 is 1.63 bits per heavy atom. The minimum Gasteiger partial charge on any atom is -0.467 e. The Morgan fingerprint density at radius 2 is 2.47 bits per heavy atom. The predicted molar refractivity (Wildman–Crippen MR) is 73.3 cm³/mol. The number of carbonyl (C=O) groups excluding carboxylic acids is 1. The van der Waals surface area contributed by atoms with Crippen LogP contribution < -0.4 is 11.1 Å². The number of furan rings is 1. The first-order chi connectivity index (χ1) is 9.19. The molecule has 2 atom stereocenters. The summed E-state index contributed by atoms with van der Waals surface area (Å²) in [6.45, 7) is 5.75. The van der Waals surface area contributed by atoms with Crippen LogP contribution in [-0.4, -0.2) is 37.0 Å². The van der Waals surface area contributed by atoms with E-state index in [9.17, 15) is 4.79 Å². The number of hydrogen-bond acceptors (Lipinski definition) is 4. The average molecular weight is 265 g/mol. The first kappa shape index (κ1) is 14.1. The van der Waals surface area contributed by atoms with Gasteiger partial charge in [-0.25, -0.2) is 0 Å². The molecular weight excluding hydrogens is 242 g/mol. The third-order valence-electron chi connectivity index (χ3n) is 3.91. The van der Waals surface area contributed by atoms with E-state index in [1.165, 1.54) is 0 Å². The normalized spacial score (nSPS) is 24.3. The lowest BCUT2D eigenvalue weighted by molar-refractivity contribution is -0.123. The minimum atomic E-state index is 0.0433. The van der Waals surface area contributed by atoms with Gasteiger partial charge in [-0.1, -0.05) is 6.92 Å². The number of carbonyl (C=O) groups is 1. The van der Waals surface area contributed by atoms with Crippen molar-refractivity contribution in [3.63, 3.8) is 0 Å². The van der Waals surface area contributed by atoms with E-state index in [-0.39, 0.29) is 5.91 Å². The molecule has 1 fully saturated rings.